The summed E-state index contributed by atoms with van der Waals surface area (Å²) in [7, 11) is 0. The van der Waals surface area contributed by atoms with Crippen LogP contribution in [0.3, 0.4) is 0 Å². The second kappa shape index (κ2) is 6.53. The van der Waals surface area contributed by atoms with Crippen LogP contribution in [0, 0.1) is 25.3 Å². The van der Waals surface area contributed by atoms with Crippen LogP contribution in [0.15, 0.2) is 30.6 Å². The van der Waals surface area contributed by atoms with E-state index in [1.807, 2.05) is 6.19 Å². The molecule has 1 aromatic heterocycles. The Morgan fingerprint density at radius 1 is 1.15 bits per heavy atom. The smallest absolute Gasteiger partial charge is 0.182 e. The fourth-order valence-electron chi connectivity index (χ4n) is 2.03. The summed E-state index contributed by atoms with van der Waals surface area (Å²) in [6.45, 7) is 5.01. The Bertz CT molecular complexity index is 630. The van der Waals surface area contributed by atoms with Crippen LogP contribution >= 0.6 is 0 Å². The molecule has 0 bridgehead atoms. The number of nitrogens with zero attached hydrogens (tertiary/aromatic N) is 3. The number of rotatable bonds is 5. The van der Waals surface area contributed by atoms with E-state index < -0.39 is 0 Å². The number of anilines is 2. The third-order valence-electron chi connectivity index (χ3n) is 3.05. The van der Waals surface area contributed by atoms with Gasteiger partial charge in [0.1, 0.15) is 18.0 Å². The molecule has 2 aromatic rings. The molecule has 0 amide bonds. The molecule has 0 aliphatic carbocycles. The van der Waals surface area contributed by atoms with Crippen LogP contribution in [-0.2, 0) is 6.42 Å². The minimum Gasteiger partial charge on any atom is -0.370 e. The number of benzene rings is 1. The van der Waals surface area contributed by atoms with Gasteiger partial charge in [-0.3, -0.25) is 5.32 Å². The number of nitrogens with one attached hydrogen (secondary N) is 2. The molecule has 0 saturated carbocycles. The fraction of sp³-hybridized carbons (Fsp3) is 0.267. The third kappa shape index (κ3) is 3.69. The maximum atomic E-state index is 8.55. The van der Waals surface area contributed by atoms with Crippen LogP contribution < -0.4 is 10.6 Å². The monoisotopic (exact) mass is 267 g/mol. The second-order valence-corrected chi connectivity index (χ2v) is 4.63. The van der Waals surface area contributed by atoms with Crippen molar-refractivity contribution < 1.29 is 0 Å². The lowest BCUT2D eigenvalue weighted by Crippen LogP contribution is -2.08. The van der Waals surface area contributed by atoms with Gasteiger partial charge in [-0.25, -0.2) is 9.97 Å². The highest BCUT2D eigenvalue weighted by Gasteiger charge is 2.00. The van der Waals surface area contributed by atoms with E-state index in [0.29, 0.717) is 11.6 Å². The van der Waals surface area contributed by atoms with Crippen molar-refractivity contribution in [2.75, 3.05) is 17.2 Å². The molecular weight excluding hydrogens is 250 g/mol. The van der Waals surface area contributed by atoms with Gasteiger partial charge in [0.25, 0.3) is 0 Å². The summed E-state index contributed by atoms with van der Waals surface area (Å²) in [6, 6.07) is 8.19. The van der Waals surface area contributed by atoms with Gasteiger partial charge in [-0.2, -0.15) is 5.26 Å². The summed E-state index contributed by atoms with van der Waals surface area (Å²) >= 11 is 0. The predicted octanol–water partition coefficient (Wildman–Crippen LogP) is 2.64. The van der Waals surface area contributed by atoms with Gasteiger partial charge in [0.2, 0.25) is 0 Å². The van der Waals surface area contributed by atoms with Crippen LogP contribution in [0.5, 0.6) is 0 Å². The molecule has 102 valence electrons. The van der Waals surface area contributed by atoms with Crippen LogP contribution in [0.1, 0.15) is 16.7 Å². The molecule has 0 saturated heterocycles. The molecule has 0 unspecified atom stereocenters. The van der Waals surface area contributed by atoms with Crippen molar-refractivity contribution in [2.24, 2.45) is 0 Å². The minimum absolute atomic E-state index is 0.497. The van der Waals surface area contributed by atoms with Gasteiger partial charge in [0, 0.05) is 12.6 Å². The van der Waals surface area contributed by atoms with Crippen molar-refractivity contribution in [1.29, 1.82) is 5.26 Å². The van der Waals surface area contributed by atoms with E-state index in [1.54, 1.807) is 6.07 Å². The number of aromatic nitrogens is 2. The first kappa shape index (κ1) is 13.8. The Morgan fingerprint density at radius 3 is 2.70 bits per heavy atom. The Kier molecular flexibility index (Phi) is 4.51. The zero-order valence-electron chi connectivity index (χ0n) is 11.6. The molecule has 5 heteroatoms. The molecule has 20 heavy (non-hydrogen) atoms. The van der Waals surface area contributed by atoms with Crippen molar-refractivity contribution in [3.05, 3.63) is 47.3 Å². The Labute approximate surface area is 118 Å². The molecule has 1 aromatic carbocycles. The zero-order chi connectivity index (χ0) is 14.4. The molecule has 5 nitrogen and oxygen atoms in total. The van der Waals surface area contributed by atoms with Crippen LogP contribution in [0.4, 0.5) is 11.6 Å². The molecule has 0 radical (unpaired) electrons. The summed E-state index contributed by atoms with van der Waals surface area (Å²) in [5.41, 5.74) is 3.91. The highest BCUT2D eigenvalue weighted by molar-refractivity contribution is 5.48. The normalized spacial score (nSPS) is 9.85. The van der Waals surface area contributed by atoms with E-state index in [9.17, 15) is 0 Å². The lowest BCUT2D eigenvalue weighted by Gasteiger charge is -2.09. The maximum absolute atomic E-state index is 8.55. The minimum atomic E-state index is 0.497. The molecule has 0 spiro atoms. The Balaban J connectivity index is 1.92. The van der Waals surface area contributed by atoms with Gasteiger partial charge in [-0.15, -0.1) is 0 Å². The van der Waals surface area contributed by atoms with Crippen LogP contribution in [0.2, 0.25) is 0 Å². The lowest BCUT2D eigenvalue weighted by molar-refractivity contribution is 0.987. The Hall–Kier alpha value is -2.61. The number of nitriles is 1. The highest BCUT2D eigenvalue weighted by Crippen LogP contribution is 2.12. The highest BCUT2D eigenvalue weighted by atomic mass is 15.1. The third-order valence-corrected chi connectivity index (χ3v) is 3.05. The molecule has 1 heterocycles. The first-order chi connectivity index (χ1) is 9.69. The largest absolute Gasteiger partial charge is 0.370 e. The van der Waals surface area contributed by atoms with Crippen LogP contribution in [-0.4, -0.2) is 16.5 Å². The van der Waals surface area contributed by atoms with Gasteiger partial charge in [-0.1, -0.05) is 23.8 Å². The summed E-state index contributed by atoms with van der Waals surface area (Å²) in [5, 5.41) is 14.3. The zero-order valence-corrected chi connectivity index (χ0v) is 11.6. The standard InChI is InChI=1S/C15H17N5/c1-11-3-4-13(12(2)7-11)5-6-17-14-8-15(18-9-16)20-10-19-14/h3-4,7-8,10H,5-6H2,1-2H3,(H2,17,18,19,20). The van der Waals surface area contributed by atoms with Crippen molar-refractivity contribution in [1.82, 2.24) is 9.97 Å². The van der Waals surface area contributed by atoms with E-state index in [4.69, 9.17) is 5.26 Å². The summed E-state index contributed by atoms with van der Waals surface area (Å²) in [5.74, 6) is 1.21. The van der Waals surface area contributed by atoms with E-state index in [2.05, 4.69) is 52.6 Å². The SMILES string of the molecule is Cc1ccc(CCNc2cc(NC#N)ncn2)c(C)c1. The average Bonchev–Trinajstić information content (AvgIpc) is 2.42. The number of hydrogen-bond acceptors (Lipinski definition) is 5. The second-order valence-electron chi connectivity index (χ2n) is 4.63. The first-order valence-corrected chi connectivity index (χ1v) is 6.46. The van der Waals surface area contributed by atoms with Crippen molar-refractivity contribution >= 4 is 11.6 Å². The predicted molar refractivity (Wildman–Crippen MR) is 79.4 cm³/mol. The van der Waals surface area contributed by atoms with E-state index in [-0.39, 0.29) is 0 Å². The van der Waals surface area contributed by atoms with Gasteiger partial charge in [-0.05, 0) is 31.4 Å². The molecule has 0 atom stereocenters. The summed E-state index contributed by atoms with van der Waals surface area (Å²) in [4.78, 5) is 8.05. The van der Waals surface area contributed by atoms with Crippen molar-refractivity contribution in [3.8, 4) is 6.19 Å². The first-order valence-electron chi connectivity index (χ1n) is 6.46. The van der Waals surface area contributed by atoms with Gasteiger partial charge >= 0.3 is 0 Å². The molecule has 0 aliphatic rings. The lowest BCUT2D eigenvalue weighted by atomic mass is 10.0. The summed E-state index contributed by atoms with van der Waals surface area (Å²) < 4.78 is 0. The van der Waals surface area contributed by atoms with E-state index in [0.717, 1.165) is 13.0 Å². The molecular formula is C15H17N5. The van der Waals surface area contributed by atoms with E-state index >= 15 is 0 Å². The molecule has 0 aliphatic heterocycles. The maximum Gasteiger partial charge on any atom is 0.182 e. The van der Waals surface area contributed by atoms with E-state index in [1.165, 1.54) is 23.0 Å². The van der Waals surface area contributed by atoms with Gasteiger partial charge < -0.3 is 5.32 Å². The van der Waals surface area contributed by atoms with Gasteiger partial charge in [0.15, 0.2) is 6.19 Å². The topological polar surface area (TPSA) is 73.6 Å². The average molecular weight is 267 g/mol. The molecule has 2 rings (SSSR count). The van der Waals surface area contributed by atoms with Crippen molar-refractivity contribution in [3.63, 3.8) is 0 Å². The summed E-state index contributed by atoms with van der Waals surface area (Å²) in [6.07, 6.45) is 4.20. The molecule has 0 fully saturated rings. The van der Waals surface area contributed by atoms with Gasteiger partial charge in [0.05, 0.1) is 0 Å². The van der Waals surface area contributed by atoms with Crippen molar-refractivity contribution in [2.45, 2.75) is 20.3 Å². The Morgan fingerprint density at radius 2 is 1.95 bits per heavy atom. The molecule has 2 N–H and O–H groups in total. The number of aryl methyl sites for hydroxylation is 2. The van der Waals surface area contributed by atoms with Crippen LogP contribution in [0.25, 0.3) is 0 Å². The number of hydrogen-bond donors (Lipinski definition) is 2. The quantitative estimate of drug-likeness (QED) is 0.643. The fourth-order valence-corrected chi connectivity index (χ4v) is 2.03.